The maximum Gasteiger partial charge on any atom is 0.416 e. The number of aromatic nitrogens is 2. The number of rotatable bonds is 7. The lowest BCUT2D eigenvalue weighted by Gasteiger charge is -2.16. The van der Waals surface area contributed by atoms with Gasteiger partial charge in [-0.2, -0.15) is 13.2 Å². The van der Waals surface area contributed by atoms with E-state index in [2.05, 4.69) is 35.1 Å². The number of carbonyl (C=O) groups is 2. The zero-order valence-corrected chi connectivity index (χ0v) is 22.8. The molecule has 0 unspecified atom stereocenters. The van der Waals surface area contributed by atoms with E-state index in [1.54, 1.807) is 18.2 Å². The number of hydrogen-bond donors (Lipinski definition) is 1. The largest absolute Gasteiger partial charge is 0.481 e. The van der Waals surface area contributed by atoms with Crippen LogP contribution in [-0.2, 0) is 6.18 Å². The first-order chi connectivity index (χ1) is 19.4. The number of alkyl halides is 3. The molecular formula is C31H27F3N4O3. The van der Waals surface area contributed by atoms with Crippen LogP contribution in [-0.4, -0.2) is 47.4 Å². The Bertz CT molecular complexity index is 1660. The van der Waals surface area contributed by atoms with Crippen molar-refractivity contribution in [2.75, 3.05) is 26.0 Å². The van der Waals surface area contributed by atoms with Gasteiger partial charge in [-0.25, -0.2) is 9.97 Å². The Hall–Kier alpha value is -4.91. The first-order valence-corrected chi connectivity index (χ1v) is 12.6. The summed E-state index contributed by atoms with van der Waals surface area (Å²) in [6, 6.07) is 15.3. The molecule has 0 saturated carbocycles. The van der Waals surface area contributed by atoms with Crippen molar-refractivity contribution in [2.24, 2.45) is 0 Å². The fraction of sp³-hybridized carbons (Fsp3) is 0.226. The SMILES string of the molecule is C#CCOc1ccc2nc(C(=O)Nc3cc(C(=O)N(C)C)cc(C(F)(F)F)c3)nc(-c3ccc(C(C)C)cc3)c2c1. The highest BCUT2D eigenvalue weighted by molar-refractivity contribution is 6.05. The van der Waals surface area contributed by atoms with E-state index < -0.39 is 23.6 Å². The lowest BCUT2D eigenvalue weighted by molar-refractivity contribution is -0.137. The molecule has 210 valence electrons. The molecule has 0 fully saturated rings. The van der Waals surface area contributed by atoms with Crippen LogP contribution < -0.4 is 10.1 Å². The van der Waals surface area contributed by atoms with Crippen molar-refractivity contribution in [3.8, 4) is 29.4 Å². The standard InChI is InChI=1S/C31H27F3N4O3/c1-6-13-41-24-11-12-26-25(17-24)27(20-9-7-19(8-10-20)18(2)3)37-28(36-26)29(39)35-23-15-21(30(40)38(4)5)14-22(16-23)31(32,33)34/h1,7-12,14-18H,13H2,2-5H3,(H,35,39). The van der Waals surface area contributed by atoms with E-state index in [0.717, 1.165) is 22.6 Å². The predicted molar refractivity (Wildman–Crippen MR) is 151 cm³/mol. The molecule has 4 aromatic rings. The van der Waals surface area contributed by atoms with Crippen molar-refractivity contribution >= 4 is 28.4 Å². The Morgan fingerprint density at radius 2 is 1.73 bits per heavy atom. The molecule has 1 heterocycles. The third kappa shape index (κ3) is 6.64. The quantitative estimate of drug-likeness (QED) is 0.264. The van der Waals surface area contributed by atoms with Gasteiger partial charge >= 0.3 is 6.18 Å². The number of carbonyl (C=O) groups excluding carboxylic acids is 2. The highest BCUT2D eigenvalue weighted by Crippen LogP contribution is 2.33. The third-order valence-electron chi connectivity index (χ3n) is 6.21. The van der Waals surface area contributed by atoms with Gasteiger partial charge in [-0.15, -0.1) is 6.42 Å². The number of terminal acetylenes is 1. The van der Waals surface area contributed by atoms with E-state index in [1.165, 1.54) is 20.2 Å². The molecule has 0 radical (unpaired) electrons. The van der Waals surface area contributed by atoms with Crippen LogP contribution in [0.1, 0.15) is 51.9 Å². The van der Waals surface area contributed by atoms with Gasteiger partial charge in [-0.05, 0) is 47.9 Å². The van der Waals surface area contributed by atoms with E-state index >= 15 is 0 Å². The van der Waals surface area contributed by atoms with Crippen molar-refractivity contribution in [2.45, 2.75) is 25.9 Å². The number of ether oxygens (including phenoxy) is 1. The molecule has 0 bridgehead atoms. The molecule has 0 aliphatic rings. The number of fused-ring (bicyclic) bond motifs is 1. The summed E-state index contributed by atoms with van der Waals surface area (Å²) in [4.78, 5) is 35.8. The fourth-order valence-electron chi connectivity index (χ4n) is 4.10. The number of amides is 2. The summed E-state index contributed by atoms with van der Waals surface area (Å²) < 4.78 is 46.3. The summed E-state index contributed by atoms with van der Waals surface area (Å²) in [5.41, 5.74) is 1.11. The molecule has 2 amide bonds. The second-order valence-corrected chi connectivity index (χ2v) is 9.79. The van der Waals surface area contributed by atoms with E-state index in [-0.39, 0.29) is 23.7 Å². The van der Waals surface area contributed by atoms with Gasteiger partial charge in [0, 0.05) is 36.3 Å². The Balaban J connectivity index is 1.80. The zero-order valence-electron chi connectivity index (χ0n) is 22.8. The normalized spacial score (nSPS) is 11.3. The van der Waals surface area contributed by atoms with Gasteiger partial charge in [-0.3, -0.25) is 9.59 Å². The first-order valence-electron chi connectivity index (χ1n) is 12.6. The number of benzene rings is 3. The maximum atomic E-state index is 13.6. The molecule has 0 aliphatic carbocycles. The highest BCUT2D eigenvalue weighted by Gasteiger charge is 2.32. The topological polar surface area (TPSA) is 84.4 Å². The van der Waals surface area contributed by atoms with Crippen LogP contribution in [0.15, 0.2) is 60.7 Å². The van der Waals surface area contributed by atoms with Crippen LogP contribution in [0.3, 0.4) is 0 Å². The average molecular weight is 561 g/mol. The summed E-state index contributed by atoms with van der Waals surface area (Å²) in [6.07, 6.45) is 0.571. The fourth-order valence-corrected chi connectivity index (χ4v) is 4.10. The molecule has 0 spiro atoms. The molecule has 3 aromatic carbocycles. The van der Waals surface area contributed by atoms with Crippen LogP contribution in [0.25, 0.3) is 22.2 Å². The van der Waals surface area contributed by atoms with Gasteiger partial charge in [0.1, 0.15) is 12.4 Å². The number of anilines is 1. The Kier molecular flexibility index (Phi) is 8.28. The highest BCUT2D eigenvalue weighted by atomic mass is 19.4. The number of nitrogens with zero attached hydrogens (tertiary/aromatic N) is 3. The average Bonchev–Trinajstić information content (AvgIpc) is 2.94. The van der Waals surface area contributed by atoms with Crippen molar-refractivity contribution in [3.63, 3.8) is 0 Å². The van der Waals surface area contributed by atoms with Gasteiger partial charge < -0.3 is 15.0 Å². The predicted octanol–water partition coefficient (Wildman–Crippen LogP) is 6.41. The molecule has 0 saturated heterocycles. The summed E-state index contributed by atoms with van der Waals surface area (Å²) in [6.45, 7) is 4.19. The Labute approximate surface area is 235 Å². The first kappa shape index (κ1) is 29.1. The van der Waals surface area contributed by atoms with Crippen molar-refractivity contribution in [1.82, 2.24) is 14.9 Å². The van der Waals surface area contributed by atoms with Crippen LogP contribution in [0, 0.1) is 12.3 Å². The smallest absolute Gasteiger partial charge is 0.416 e. The third-order valence-corrected chi connectivity index (χ3v) is 6.21. The summed E-state index contributed by atoms with van der Waals surface area (Å²) in [7, 11) is 2.84. The number of hydrogen-bond acceptors (Lipinski definition) is 5. The zero-order chi connectivity index (χ0) is 29.9. The van der Waals surface area contributed by atoms with E-state index in [9.17, 15) is 22.8 Å². The Morgan fingerprint density at radius 1 is 1.02 bits per heavy atom. The van der Waals surface area contributed by atoms with Crippen LogP contribution in [0.5, 0.6) is 5.75 Å². The lowest BCUT2D eigenvalue weighted by atomic mass is 9.99. The minimum Gasteiger partial charge on any atom is -0.481 e. The molecule has 7 nitrogen and oxygen atoms in total. The van der Waals surface area contributed by atoms with Gasteiger partial charge in [0.05, 0.1) is 16.8 Å². The Morgan fingerprint density at radius 3 is 2.34 bits per heavy atom. The molecule has 41 heavy (non-hydrogen) atoms. The summed E-state index contributed by atoms with van der Waals surface area (Å²) >= 11 is 0. The summed E-state index contributed by atoms with van der Waals surface area (Å²) in [5, 5.41) is 3.02. The van der Waals surface area contributed by atoms with Gasteiger partial charge in [0.2, 0.25) is 5.82 Å². The van der Waals surface area contributed by atoms with Gasteiger partial charge in [0.25, 0.3) is 11.8 Å². The number of halogens is 3. The van der Waals surface area contributed by atoms with E-state index in [0.29, 0.717) is 33.8 Å². The van der Waals surface area contributed by atoms with E-state index in [4.69, 9.17) is 11.2 Å². The maximum absolute atomic E-state index is 13.6. The molecule has 4 rings (SSSR count). The molecule has 0 aliphatic heterocycles. The second-order valence-electron chi connectivity index (χ2n) is 9.79. The van der Waals surface area contributed by atoms with Crippen LogP contribution in [0.2, 0.25) is 0 Å². The van der Waals surface area contributed by atoms with Gasteiger partial charge in [0.15, 0.2) is 0 Å². The lowest BCUT2D eigenvalue weighted by Crippen LogP contribution is -2.23. The van der Waals surface area contributed by atoms with Crippen molar-refractivity contribution in [3.05, 3.63) is 83.2 Å². The van der Waals surface area contributed by atoms with Crippen molar-refractivity contribution in [1.29, 1.82) is 0 Å². The molecule has 1 N–H and O–H groups in total. The van der Waals surface area contributed by atoms with Gasteiger partial charge in [-0.1, -0.05) is 44.0 Å². The summed E-state index contributed by atoms with van der Waals surface area (Å²) in [5.74, 6) is 1.43. The molecule has 1 aromatic heterocycles. The molecule has 0 atom stereocenters. The number of nitrogens with one attached hydrogen (secondary N) is 1. The van der Waals surface area contributed by atoms with E-state index in [1.807, 2.05) is 24.3 Å². The second kappa shape index (κ2) is 11.7. The van der Waals surface area contributed by atoms with Crippen LogP contribution in [0.4, 0.5) is 18.9 Å². The minimum absolute atomic E-state index is 0.0561. The molecular weight excluding hydrogens is 533 g/mol. The monoisotopic (exact) mass is 560 g/mol. The van der Waals surface area contributed by atoms with Crippen LogP contribution >= 0.6 is 0 Å². The minimum atomic E-state index is -4.74. The molecule has 10 heteroatoms. The van der Waals surface area contributed by atoms with Crippen molar-refractivity contribution < 1.29 is 27.5 Å².